The highest BCUT2D eigenvalue weighted by Gasteiger charge is 2.37. The Bertz CT molecular complexity index is 1190. The van der Waals surface area contributed by atoms with E-state index in [0.29, 0.717) is 12.0 Å². The van der Waals surface area contributed by atoms with E-state index in [1.807, 2.05) is 0 Å². The highest BCUT2D eigenvalue weighted by atomic mass is 16.4. The fourth-order valence-corrected chi connectivity index (χ4v) is 4.26. The summed E-state index contributed by atoms with van der Waals surface area (Å²) in [7, 11) is 0. The summed E-state index contributed by atoms with van der Waals surface area (Å²) in [6.45, 7) is -2.05. The lowest BCUT2D eigenvalue weighted by Gasteiger charge is -2.28. The normalized spacial score (nSPS) is 16.3. The number of aliphatic hydroxyl groups excluding tert-OH is 2. The molecule has 1 saturated heterocycles. The summed E-state index contributed by atoms with van der Waals surface area (Å²) in [5, 5.41) is 46.4. The minimum atomic E-state index is -1.41. The molecule has 17 nitrogen and oxygen atoms in total. The summed E-state index contributed by atoms with van der Waals surface area (Å²) in [4.78, 5) is 86.6. The molecule has 1 aliphatic rings. The standard InChI is InChI=1S/C26H36N6O11/c27-23(40)17(12-33)31-24(41)16(10-14-3-5-15(35)6-4-14)29-21(37)11-28-25(42)19-2-1-9-32(19)26(43)18(13-34)30-20(36)7-8-22(38)39/h3-6,16-19,33-35H,1-2,7-13H2,(H2,27,40)(H,28,42)(H,29,37)(H,30,36)(H,31,41)(H,38,39)/t16-,17-,18-,19?/m0/s1. The molecule has 1 aliphatic heterocycles. The largest absolute Gasteiger partial charge is 0.508 e. The van der Waals surface area contributed by atoms with Gasteiger partial charge in [0.15, 0.2) is 0 Å². The number of nitrogens with zero attached hydrogens (tertiary/aromatic N) is 1. The Morgan fingerprint density at radius 3 is 2.09 bits per heavy atom. The number of aliphatic hydroxyl groups is 2. The smallest absolute Gasteiger partial charge is 0.303 e. The number of phenols is 1. The number of carboxylic acid groups (broad SMARTS) is 1. The number of amides is 6. The quantitative estimate of drug-likeness (QED) is 0.0868. The summed E-state index contributed by atoms with van der Waals surface area (Å²) in [5.74, 6) is -6.13. The van der Waals surface area contributed by atoms with E-state index in [0.717, 1.165) is 4.90 Å². The van der Waals surface area contributed by atoms with Crippen molar-refractivity contribution in [3.05, 3.63) is 29.8 Å². The maximum atomic E-state index is 12.9. The van der Waals surface area contributed by atoms with Crippen molar-refractivity contribution in [3.63, 3.8) is 0 Å². The number of carboxylic acids is 1. The molecular formula is C26H36N6O11. The van der Waals surface area contributed by atoms with Crippen LogP contribution in [0, 0.1) is 0 Å². The number of nitrogens with one attached hydrogen (secondary N) is 4. The van der Waals surface area contributed by atoms with Crippen LogP contribution < -0.4 is 27.0 Å². The van der Waals surface area contributed by atoms with Gasteiger partial charge in [-0.1, -0.05) is 12.1 Å². The molecule has 0 radical (unpaired) electrons. The van der Waals surface area contributed by atoms with Crippen LogP contribution in [0.5, 0.6) is 5.75 Å². The number of likely N-dealkylation sites (tertiary alicyclic amines) is 1. The highest BCUT2D eigenvalue weighted by Crippen LogP contribution is 2.19. The van der Waals surface area contributed by atoms with Crippen molar-refractivity contribution in [2.75, 3.05) is 26.3 Å². The Morgan fingerprint density at radius 1 is 0.884 bits per heavy atom. The number of hydrogen-bond acceptors (Lipinski definition) is 10. The van der Waals surface area contributed by atoms with E-state index in [4.69, 9.17) is 10.8 Å². The molecule has 0 saturated carbocycles. The Hall–Kier alpha value is -4.77. The zero-order valence-corrected chi connectivity index (χ0v) is 23.2. The van der Waals surface area contributed by atoms with Gasteiger partial charge < -0.3 is 52.3 Å². The van der Waals surface area contributed by atoms with E-state index in [2.05, 4.69) is 21.3 Å². The van der Waals surface area contributed by atoms with Gasteiger partial charge in [0.25, 0.3) is 0 Å². The van der Waals surface area contributed by atoms with Gasteiger partial charge in [0, 0.05) is 19.4 Å². The summed E-state index contributed by atoms with van der Waals surface area (Å²) in [6.07, 6.45) is -0.325. The zero-order chi connectivity index (χ0) is 32.1. The molecule has 1 fully saturated rings. The molecule has 1 aromatic rings. The zero-order valence-electron chi connectivity index (χ0n) is 23.2. The van der Waals surface area contributed by atoms with Gasteiger partial charge in [0.05, 0.1) is 26.2 Å². The van der Waals surface area contributed by atoms with E-state index in [1.165, 1.54) is 24.3 Å². The summed E-state index contributed by atoms with van der Waals surface area (Å²) >= 11 is 0. The molecule has 0 aliphatic carbocycles. The molecule has 2 rings (SSSR count). The summed E-state index contributed by atoms with van der Waals surface area (Å²) in [5.41, 5.74) is 5.68. The van der Waals surface area contributed by atoms with Crippen LogP contribution >= 0.6 is 0 Å². The SMILES string of the molecule is NC(=O)[C@H](CO)NC(=O)[C@H](Cc1ccc(O)cc1)NC(=O)CNC(=O)C1CCCN1C(=O)[C@H](CO)NC(=O)CCC(=O)O. The second-order valence-electron chi connectivity index (χ2n) is 9.74. The average Bonchev–Trinajstić information content (AvgIpc) is 3.46. The molecule has 1 aromatic carbocycles. The fraction of sp³-hybridized carbons (Fsp3) is 0.500. The van der Waals surface area contributed by atoms with Gasteiger partial charge >= 0.3 is 5.97 Å². The van der Waals surface area contributed by atoms with Crippen molar-refractivity contribution in [2.45, 2.75) is 56.3 Å². The lowest BCUT2D eigenvalue weighted by Crippen LogP contribution is -2.57. The first-order chi connectivity index (χ1) is 20.4. The fourth-order valence-electron chi connectivity index (χ4n) is 4.26. The number of aliphatic carboxylic acids is 1. The number of phenolic OH excluding ortho intramolecular Hbond substituents is 1. The van der Waals surface area contributed by atoms with Crippen LogP contribution in [0.15, 0.2) is 24.3 Å². The molecule has 10 N–H and O–H groups in total. The van der Waals surface area contributed by atoms with Crippen molar-refractivity contribution in [3.8, 4) is 5.75 Å². The molecule has 0 aromatic heterocycles. The second-order valence-corrected chi connectivity index (χ2v) is 9.74. The topological polar surface area (TPSA) is 278 Å². The Kier molecular flexibility index (Phi) is 13.3. The molecule has 0 bridgehead atoms. The van der Waals surface area contributed by atoms with E-state index in [9.17, 15) is 48.9 Å². The van der Waals surface area contributed by atoms with Gasteiger partial charge in [-0.3, -0.25) is 33.6 Å². The predicted molar refractivity (Wildman–Crippen MR) is 146 cm³/mol. The van der Waals surface area contributed by atoms with Crippen molar-refractivity contribution in [2.24, 2.45) is 5.73 Å². The first-order valence-corrected chi connectivity index (χ1v) is 13.3. The molecule has 1 heterocycles. The van der Waals surface area contributed by atoms with Crippen LogP contribution in [-0.4, -0.2) is 117 Å². The lowest BCUT2D eigenvalue weighted by atomic mass is 10.0. The molecule has 0 spiro atoms. The average molecular weight is 609 g/mol. The van der Waals surface area contributed by atoms with Crippen molar-refractivity contribution in [1.29, 1.82) is 0 Å². The van der Waals surface area contributed by atoms with E-state index in [1.54, 1.807) is 0 Å². The van der Waals surface area contributed by atoms with Crippen LogP contribution in [0.3, 0.4) is 0 Å². The molecule has 17 heteroatoms. The molecular weight excluding hydrogens is 572 g/mol. The van der Waals surface area contributed by atoms with Crippen LogP contribution in [0.4, 0.5) is 0 Å². The van der Waals surface area contributed by atoms with E-state index < -0.39 is 98.2 Å². The Balaban J connectivity index is 2.02. The number of hydrogen-bond donors (Lipinski definition) is 9. The number of primary amides is 1. The Morgan fingerprint density at radius 2 is 1.51 bits per heavy atom. The summed E-state index contributed by atoms with van der Waals surface area (Å²) < 4.78 is 0. The van der Waals surface area contributed by atoms with Crippen LogP contribution in [0.2, 0.25) is 0 Å². The van der Waals surface area contributed by atoms with Crippen molar-refractivity contribution >= 4 is 41.4 Å². The number of rotatable bonds is 16. The molecule has 1 unspecified atom stereocenters. The predicted octanol–water partition coefficient (Wildman–Crippen LogP) is -4.17. The number of benzene rings is 1. The number of carbonyl (C=O) groups excluding carboxylic acids is 6. The number of carbonyl (C=O) groups is 7. The monoisotopic (exact) mass is 608 g/mol. The third kappa shape index (κ3) is 10.9. The second kappa shape index (κ2) is 16.6. The van der Waals surface area contributed by atoms with Gasteiger partial charge in [-0.05, 0) is 30.5 Å². The van der Waals surface area contributed by atoms with Crippen molar-refractivity contribution < 1.29 is 54.0 Å². The molecule has 6 amide bonds. The minimum absolute atomic E-state index is 0.0316. The van der Waals surface area contributed by atoms with Gasteiger partial charge in [0.1, 0.15) is 29.9 Å². The van der Waals surface area contributed by atoms with Gasteiger partial charge in [-0.25, -0.2) is 0 Å². The minimum Gasteiger partial charge on any atom is -0.508 e. The van der Waals surface area contributed by atoms with Crippen LogP contribution in [0.25, 0.3) is 0 Å². The van der Waals surface area contributed by atoms with E-state index in [-0.39, 0.29) is 25.1 Å². The van der Waals surface area contributed by atoms with Crippen molar-refractivity contribution in [1.82, 2.24) is 26.2 Å². The number of aromatic hydroxyl groups is 1. The lowest BCUT2D eigenvalue weighted by molar-refractivity contribution is -0.143. The van der Waals surface area contributed by atoms with E-state index >= 15 is 0 Å². The number of nitrogens with two attached hydrogens (primary N) is 1. The highest BCUT2D eigenvalue weighted by molar-refractivity contribution is 5.95. The first-order valence-electron chi connectivity index (χ1n) is 13.3. The third-order valence-corrected chi connectivity index (χ3v) is 6.51. The molecule has 4 atom stereocenters. The third-order valence-electron chi connectivity index (χ3n) is 6.51. The maximum Gasteiger partial charge on any atom is 0.303 e. The summed E-state index contributed by atoms with van der Waals surface area (Å²) in [6, 6.07) is 0.613. The maximum absolute atomic E-state index is 12.9. The molecule has 43 heavy (non-hydrogen) atoms. The Labute approximate surface area is 245 Å². The van der Waals surface area contributed by atoms with Gasteiger partial charge in [-0.2, -0.15) is 0 Å². The van der Waals surface area contributed by atoms with Gasteiger partial charge in [0.2, 0.25) is 35.4 Å². The first kappa shape index (κ1) is 34.4. The van der Waals surface area contributed by atoms with Gasteiger partial charge in [-0.15, -0.1) is 0 Å². The van der Waals surface area contributed by atoms with Crippen LogP contribution in [-0.2, 0) is 40.0 Å². The van der Waals surface area contributed by atoms with Crippen LogP contribution in [0.1, 0.15) is 31.2 Å². The molecule has 236 valence electrons.